The molecule has 168 valence electrons. The molecule has 1 fully saturated rings. The number of fused-ring (bicyclic) bond motifs is 1. The van der Waals surface area contributed by atoms with E-state index in [0.29, 0.717) is 0 Å². The summed E-state index contributed by atoms with van der Waals surface area (Å²) in [6, 6.07) is 9.35. The van der Waals surface area contributed by atoms with Crippen molar-refractivity contribution >= 4 is 22.9 Å². The summed E-state index contributed by atoms with van der Waals surface area (Å²) in [7, 11) is 0. The van der Waals surface area contributed by atoms with Gasteiger partial charge in [0, 0.05) is 5.39 Å². The number of hydrogen-bond donors (Lipinski definition) is 3. The second-order valence-corrected chi connectivity index (χ2v) is 8.77. The molecule has 0 saturated carbocycles. The van der Waals surface area contributed by atoms with Crippen molar-refractivity contribution in [3.63, 3.8) is 0 Å². The normalized spacial score (nSPS) is 18.9. The van der Waals surface area contributed by atoms with Crippen LogP contribution < -0.4 is 5.32 Å². The fourth-order valence-corrected chi connectivity index (χ4v) is 3.26. The van der Waals surface area contributed by atoms with Crippen molar-refractivity contribution in [1.82, 2.24) is 10.3 Å². The number of ether oxygens (including phenoxy) is 3. The van der Waals surface area contributed by atoms with Crippen LogP contribution in [0.5, 0.6) is 0 Å². The zero-order valence-corrected chi connectivity index (χ0v) is 18.3. The van der Waals surface area contributed by atoms with Crippen molar-refractivity contribution in [2.75, 3.05) is 20.0 Å². The van der Waals surface area contributed by atoms with Gasteiger partial charge in [-0.05, 0) is 45.4 Å². The molecule has 0 aliphatic carbocycles. The maximum Gasteiger partial charge on any atom is 0.318 e. The molecule has 1 aromatic carbocycles. The zero-order valence-electron chi connectivity index (χ0n) is 18.3. The van der Waals surface area contributed by atoms with E-state index in [1.54, 1.807) is 12.2 Å². The lowest BCUT2D eigenvalue weighted by atomic mass is 9.88. The van der Waals surface area contributed by atoms with Crippen LogP contribution in [0.25, 0.3) is 17.0 Å². The van der Waals surface area contributed by atoms with Gasteiger partial charge in [-0.15, -0.1) is 0 Å². The molecule has 8 nitrogen and oxygen atoms in total. The Morgan fingerprint density at radius 2 is 1.94 bits per heavy atom. The van der Waals surface area contributed by atoms with Crippen molar-refractivity contribution in [3.05, 3.63) is 47.7 Å². The van der Waals surface area contributed by atoms with Crippen LogP contribution in [0.4, 0.5) is 0 Å². The van der Waals surface area contributed by atoms with Gasteiger partial charge in [0.15, 0.2) is 0 Å². The van der Waals surface area contributed by atoms with Crippen LogP contribution in [0.3, 0.4) is 0 Å². The van der Waals surface area contributed by atoms with Gasteiger partial charge in [-0.1, -0.05) is 30.4 Å². The number of carbonyl (C=O) groups is 1. The lowest BCUT2D eigenvalue weighted by Gasteiger charge is -2.29. The summed E-state index contributed by atoms with van der Waals surface area (Å²) in [6.45, 7) is 7.73. The van der Waals surface area contributed by atoms with Gasteiger partial charge < -0.3 is 24.4 Å². The van der Waals surface area contributed by atoms with Crippen molar-refractivity contribution in [3.8, 4) is 0 Å². The monoisotopic (exact) mass is 430 g/mol. The molecule has 8 heteroatoms. The van der Waals surface area contributed by atoms with E-state index in [4.69, 9.17) is 19.2 Å². The molecule has 3 rings (SSSR count). The number of aliphatic carboxylic acids is 1. The first-order valence-electron chi connectivity index (χ1n) is 10.2. The molecule has 1 aromatic heterocycles. The molecule has 2 heterocycles. The van der Waals surface area contributed by atoms with Crippen LogP contribution in [-0.4, -0.2) is 53.2 Å². The highest BCUT2D eigenvalue weighted by atomic mass is 16.7. The molecule has 31 heavy (non-hydrogen) atoms. The molecule has 0 radical (unpaired) electrons. The molecule has 1 aliphatic rings. The first kappa shape index (κ1) is 23.3. The number of hydrogen-bond acceptors (Lipinski definition) is 7. The standard InChI is InChI=1S/C23H30N2O6/c1-15(24-21(28)31-22(2,3)4)18-8-7-17-6-5-16(11-19(17)25-18)9-10-23(20(26)27)12-29-14-30-13-23/h5-11,15,21,24,28H,12-14H2,1-4H3,(H,26,27)/b10-9+/t15-,21?/m1/s1. The molecular formula is C23H30N2O6. The topological polar surface area (TPSA) is 110 Å². The minimum absolute atomic E-state index is 0.0664. The minimum atomic E-state index is -1.20. The maximum atomic E-state index is 11.7. The Balaban J connectivity index is 1.79. The van der Waals surface area contributed by atoms with E-state index in [1.807, 2.05) is 58.0 Å². The third-order valence-corrected chi connectivity index (χ3v) is 4.95. The number of aliphatic hydroxyl groups excluding tert-OH is 1. The van der Waals surface area contributed by atoms with Gasteiger partial charge in [-0.2, -0.15) is 0 Å². The average Bonchev–Trinajstić information content (AvgIpc) is 2.70. The van der Waals surface area contributed by atoms with Crippen molar-refractivity contribution in [2.45, 2.75) is 45.8 Å². The second-order valence-electron chi connectivity index (χ2n) is 8.77. The number of aromatic nitrogens is 1. The Hall–Kier alpha value is -2.36. The minimum Gasteiger partial charge on any atom is -0.480 e. The third kappa shape index (κ3) is 6.09. The van der Waals surface area contributed by atoms with Gasteiger partial charge in [0.25, 0.3) is 0 Å². The van der Waals surface area contributed by atoms with Crippen LogP contribution in [0, 0.1) is 5.41 Å². The third-order valence-electron chi connectivity index (χ3n) is 4.95. The summed E-state index contributed by atoms with van der Waals surface area (Å²) in [4.78, 5) is 16.4. The Labute approximate surface area is 181 Å². The fraction of sp³-hybridized carbons (Fsp3) is 0.478. The first-order valence-corrected chi connectivity index (χ1v) is 10.2. The van der Waals surface area contributed by atoms with Gasteiger partial charge in [0.1, 0.15) is 12.2 Å². The van der Waals surface area contributed by atoms with E-state index < -0.39 is 23.4 Å². The van der Waals surface area contributed by atoms with E-state index in [9.17, 15) is 15.0 Å². The number of benzene rings is 1. The summed E-state index contributed by atoms with van der Waals surface area (Å²) in [5, 5.41) is 23.7. The summed E-state index contributed by atoms with van der Waals surface area (Å²) in [6.07, 6.45) is 2.25. The highest BCUT2D eigenvalue weighted by Crippen LogP contribution is 2.27. The van der Waals surface area contributed by atoms with Crippen molar-refractivity contribution in [2.24, 2.45) is 5.41 Å². The number of pyridine rings is 1. The molecule has 0 bridgehead atoms. The van der Waals surface area contributed by atoms with Gasteiger partial charge >= 0.3 is 5.97 Å². The maximum absolute atomic E-state index is 11.7. The molecule has 1 aliphatic heterocycles. The van der Waals surface area contributed by atoms with E-state index in [0.717, 1.165) is 22.2 Å². The van der Waals surface area contributed by atoms with E-state index in [1.165, 1.54) is 0 Å². The molecular weight excluding hydrogens is 400 g/mol. The lowest BCUT2D eigenvalue weighted by molar-refractivity contribution is -0.185. The largest absolute Gasteiger partial charge is 0.480 e. The highest BCUT2D eigenvalue weighted by molar-refractivity contribution is 5.83. The van der Waals surface area contributed by atoms with E-state index >= 15 is 0 Å². The number of aliphatic hydroxyl groups is 1. The molecule has 0 spiro atoms. The predicted octanol–water partition coefficient (Wildman–Crippen LogP) is 3.06. The molecule has 2 aromatic rings. The Morgan fingerprint density at radius 1 is 1.26 bits per heavy atom. The lowest BCUT2D eigenvalue weighted by Crippen LogP contribution is -2.42. The highest BCUT2D eigenvalue weighted by Gasteiger charge is 2.39. The Morgan fingerprint density at radius 3 is 2.58 bits per heavy atom. The van der Waals surface area contributed by atoms with Crippen molar-refractivity contribution in [1.29, 1.82) is 0 Å². The molecule has 2 atom stereocenters. The van der Waals surface area contributed by atoms with E-state index in [2.05, 4.69) is 5.32 Å². The number of rotatable bonds is 7. The summed E-state index contributed by atoms with van der Waals surface area (Å²) in [5.74, 6) is -0.986. The predicted molar refractivity (Wildman–Crippen MR) is 116 cm³/mol. The van der Waals surface area contributed by atoms with Gasteiger partial charge in [-0.25, -0.2) is 0 Å². The molecule has 1 unspecified atom stereocenters. The van der Waals surface area contributed by atoms with Gasteiger partial charge in [0.2, 0.25) is 6.41 Å². The molecule has 0 amide bonds. The summed E-state index contributed by atoms with van der Waals surface area (Å²) in [5.41, 5.74) is 0.650. The Kier molecular flexibility index (Phi) is 7.08. The quantitative estimate of drug-likeness (QED) is 0.575. The van der Waals surface area contributed by atoms with Gasteiger partial charge in [0.05, 0.1) is 36.1 Å². The molecule has 3 N–H and O–H groups in total. The smallest absolute Gasteiger partial charge is 0.318 e. The van der Waals surface area contributed by atoms with Gasteiger partial charge in [-0.3, -0.25) is 15.1 Å². The fourth-order valence-electron chi connectivity index (χ4n) is 3.26. The van der Waals surface area contributed by atoms with Crippen LogP contribution in [0.1, 0.15) is 45.0 Å². The zero-order chi connectivity index (χ0) is 22.6. The average molecular weight is 431 g/mol. The van der Waals surface area contributed by atoms with Crippen LogP contribution in [-0.2, 0) is 19.0 Å². The SMILES string of the molecule is C[C@@H](NC(O)OC(C)(C)C)c1ccc2ccc(/C=C/C3(C(=O)O)COCOC3)cc2n1. The van der Waals surface area contributed by atoms with Crippen molar-refractivity contribution < 1.29 is 29.2 Å². The number of nitrogens with zero attached hydrogens (tertiary/aromatic N) is 1. The Bertz CT molecular complexity index is 947. The number of carboxylic acids is 1. The van der Waals surface area contributed by atoms with Crippen LogP contribution >= 0.6 is 0 Å². The first-order chi connectivity index (χ1) is 14.6. The second kappa shape index (κ2) is 9.42. The van der Waals surface area contributed by atoms with E-state index in [-0.39, 0.29) is 26.0 Å². The summed E-state index contributed by atoms with van der Waals surface area (Å²) < 4.78 is 15.9. The molecule has 1 saturated heterocycles. The van der Waals surface area contributed by atoms with Crippen LogP contribution in [0.2, 0.25) is 0 Å². The number of nitrogens with one attached hydrogen (secondary N) is 1. The van der Waals surface area contributed by atoms with Crippen LogP contribution in [0.15, 0.2) is 36.4 Å². The number of carboxylic acid groups (broad SMARTS) is 1. The summed E-state index contributed by atoms with van der Waals surface area (Å²) >= 11 is 0.